The zero-order chi connectivity index (χ0) is 104. The van der Waals surface area contributed by atoms with E-state index in [1.54, 1.807) is 105 Å². The first-order chi connectivity index (χ1) is 67.1. The number of carbonyl (C=O) groups is 17. The highest BCUT2D eigenvalue weighted by atomic mass is 35.5. The number of aromatic amines is 1. The number of phenols is 2. The Balaban J connectivity index is 0.973. The normalized spacial score (nSPS) is 19.1. The number of aliphatic carboxylic acids is 1. The molecule has 0 spiro atoms. The topological polar surface area (TPSA) is 643 Å². The summed E-state index contributed by atoms with van der Waals surface area (Å²) in [7, 11) is 0. The summed E-state index contributed by atoms with van der Waals surface area (Å²) >= 11 is 17.7. The molecular weight excluding hydrogens is 1900 g/mol. The number of aliphatic hydroxyl groups is 1. The number of allylic oxidation sites excluding steroid dienone is 2. The number of para-hydroxylation sites is 1. The first-order valence-corrected chi connectivity index (χ1v) is 47.3. The van der Waals surface area contributed by atoms with Crippen molar-refractivity contribution in [3.63, 3.8) is 0 Å². The summed E-state index contributed by atoms with van der Waals surface area (Å²) in [5.74, 6) is -19.7. The van der Waals surface area contributed by atoms with E-state index in [-0.39, 0.29) is 126 Å². The highest BCUT2D eigenvalue weighted by Gasteiger charge is 2.45. The van der Waals surface area contributed by atoms with Gasteiger partial charge in [0.15, 0.2) is 0 Å². The minimum absolute atomic E-state index is 0.0342. The molecule has 24 N–H and O–H groups in total. The SMILES string of the molecule is CC(C)C[C@H](NC(=O)[C@H](C)NC(=O)[C@H](Cc1ccc(Cl)c(Cl)c1)NC(=O)[C@H](Cc1c[nH]c2ccccc12)NC(=O)[C@@]1(C)CCC/C=C\CCC[C@@](C)(NC(=O)[C@H](C)NC(=O)[C@@H](NC(=O)[C@H](Cc2ccccc2)NC(=O)[C@H](CC(N)=O)NC(=O)c2cc(N=C=S)ccc2C2c3ccc(O)cc3Oc3cc(O)ccc32)[C@@H](C)O)C(=O)N[C@@H](CC(N)=O)C(=O)N[C@@H](CC(C)C)C(=O)N[C@@H](CCC(=O)O)C(=O)N1)C(N)=O. The number of hydrogen-bond acceptors (Lipinski definition) is 23. The number of fused-ring (bicyclic) bond motifs is 3. The molecule has 7 aromatic rings. The summed E-state index contributed by atoms with van der Waals surface area (Å²) in [5.41, 5.74) is 16.0. The summed E-state index contributed by atoms with van der Waals surface area (Å²) in [6, 6.07) is 14.3. The molecule has 6 aromatic carbocycles. The molecule has 9 rings (SSSR count). The van der Waals surface area contributed by atoms with Gasteiger partial charge in [-0.2, -0.15) is 4.99 Å². The van der Waals surface area contributed by atoms with Crippen LogP contribution in [-0.2, 0) is 96.0 Å². The molecule has 1 aromatic heterocycles. The fourth-order valence-corrected chi connectivity index (χ4v) is 16.8. The Morgan fingerprint density at radius 1 is 0.556 bits per heavy atom. The van der Waals surface area contributed by atoms with Gasteiger partial charge in [-0.25, -0.2) is 0 Å². The van der Waals surface area contributed by atoms with E-state index in [2.05, 4.69) is 84.3 Å². The molecule has 0 unspecified atom stereocenters. The van der Waals surface area contributed by atoms with Gasteiger partial charge in [-0.3, -0.25) is 81.5 Å². The Kier molecular flexibility index (Phi) is 39.8. The largest absolute Gasteiger partial charge is 0.508 e. The summed E-state index contributed by atoms with van der Waals surface area (Å²) in [6.07, 6.45) is -1.19. The number of aliphatic imine (C=N–C) groups is 1. The second-order valence-electron chi connectivity index (χ2n) is 36.6. The van der Waals surface area contributed by atoms with E-state index >= 15 is 19.2 Å². The lowest BCUT2D eigenvalue weighted by Crippen LogP contribution is -2.65. The third-order valence-corrected chi connectivity index (χ3v) is 24.8. The number of nitrogens with two attached hydrogens (primary N) is 3. The number of rotatable bonds is 39. The van der Waals surface area contributed by atoms with Gasteiger partial charge in [0.1, 0.15) is 101 Å². The minimum atomic E-state index is -2.12. The van der Waals surface area contributed by atoms with Crippen LogP contribution in [0.1, 0.15) is 189 Å². The Bertz CT molecular complexity index is 5920. The Morgan fingerprint density at radius 2 is 1.12 bits per heavy atom. The monoisotopic (exact) mass is 2010 g/mol. The van der Waals surface area contributed by atoms with E-state index in [9.17, 15) is 82.8 Å². The molecule has 0 fully saturated rings. The number of aromatic hydroxyl groups is 2. The van der Waals surface area contributed by atoms with Crippen molar-refractivity contribution in [2.24, 2.45) is 34.0 Å². The average Bonchev–Trinajstić information content (AvgIpc) is 0.789. The molecule has 0 saturated heterocycles. The highest BCUT2D eigenvalue weighted by Crippen LogP contribution is 2.50. The number of ether oxygens (including phenoxy) is 1. The third-order valence-electron chi connectivity index (χ3n) is 24.0. The summed E-state index contributed by atoms with van der Waals surface area (Å²) < 4.78 is 6.10. The van der Waals surface area contributed by atoms with Crippen LogP contribution in [0.2, 0.25) is 10.0 Å². The lowest BCUT2D eigenvalue weighted by molar-refractivity contribution is -0.140. The number of phenolic OH excluding ortho intramolecular Hbond substituents is 2. The highest BCUT2D eigenvalue weighted by molar-refractivity contribution is 7.78. The van der Waals surface area contributed by atoms with Crippen molar-refractivity contribution >= 4 is 158 Å². The number of halogens is 2. The number of benzene rings is 6. The van der Waals surface area contributed by atoms with Gasteiger partial charge in [0.2, 0.25) is 88.6 Å². The number of aromatic nitrogens is 1. The number of thiocarbonyl (C=S) groups is 1. The van der Waals surface area contributed by atoms with Gasteiger partial charge >= 0.3 is 5.97 Å². The molecular formula is C99H120Cl2N18O22S. The molecule has 40 nitrogen and oxygen atoms in total. The molecule has 142 heavy (non-hydrogen) atoms. The van der Waals surface area contributed by atoms with E-state index in [1.807, 2.05) is 13.8 Å². The first kappa shape index (κ1) is 111. The van der Waals surface area contributed by atoms with Crippen LogP contribution in [-0.4, -0.2) is 215 Å². The molecule has 0 radical (unpaired) electrons. The predicted molar refractivity (Wildman–Crippen MR) is 527 cm³/mol. The Labute approximate surface area is 833 Å². The van der Waals surface area contributed by atoms with Crippen molar-refractivity contribution in [3.05, 3.63) is 195 Å². The van der Waals surface area contributed by atoms with E-state index in [0.29, 0.717) is 38.7 Å². The van der Waals surface area contributed by atoms with Gasteiger partial charge in [-0.15, -0.1) is 0 Å². The van der Waals surface area contributed by atoms with E-state index in [1.165, 1.54) is 82.3 Å². The van der Waals surface area contributed by atoms with Crippen LogP contribution in [0.5, 0.6) is 23.0 Å². The maximum Gasteiger partial charge on any atom is 0.303 e. The summed E-state index contributed by atoms with van der Waals surface area (Å²) in [5, 5.41) is 79.2. The standard InChI is InChI=1S/C99H120Cl2N18O22S/c1-50(2)37-70(84(104)127)110-85(128)52(5)107-88(131)73(41-56-25-32-66(100)67(101)39-56)114-90(133)74(42-57-48-105-68-24-18-17-23-61(57)68)115-97(140)99(9)36-20-13-11-10-12-19-35-98(8,96(139)116-76(47-80(103)124)92(135)112-71(38-51(3)4)89(132)109-69(94(137)119-99)33-34-81(125)126)118-86(129)53(6)108-95(138)83(54(7)120)117-93(136)72(40-55-21-15-14-16-22-55)113-91(134)75(46-79(102)123)111-87(130)65-43-58(106-49-142)26-29-62(65)82-63-30-27-59(121)44-77(63)141-78-45-60(122)28-31-64(78)82/h10-11,14-18,21-32,39,43-45,48,50-54,69-76,82-83,105,120-122H,12-13,19-20,33-38,40-42,46-47H2,1-9H3,(H2,102,123)(H2,103,124)(H2,104,127)(H,107,131)(H,108,138)(H,109,132)(H,110,128)(H,111,130)(H,112,135)(H,113,134)(H,114,133)(H,115,140)(H,116,139)(H,117,136)(H,118,129)(H,119,137)(H,125,126)/b11-10-/t52-,53-,54+,69-,70-,71-,72-,73-,74-,75-,76-,83-,98+,99+/m0/s1. The van der Waals surface area contributed by atoms with Gasteiger partial charge in [-0.05, 0) is 181 Å². The van der Waals surface area contributed by atoms with Gasteiger partial charge in [0.25, 0.3) is 5.91 Å². The fraction of sp³-hybridized carbons (Fsp3) is 0.414. The molecule has 0 bridgehead atoms. The summed E-state index contributed by atoms with van der Waals surface area (Å²) in [4.78, 5) is 251. The van der Waals surface area contributed by atoms with E-state index in [0.717, 1.165) is 6.92 Å². The van der Waals surface area contributed by atoms with Crippen LogP contribution >= 0.6 is 35.4 Å². The molecule has 2 aliphatic rings. The quantitative estimate of drug-likeness (QED) is 0.0139. The number of carboxylic acid groups (broad SMARTS) is 1. The molecule has 2 aliphatic heterocycles. The number of amides is 16. The summed E-state index contributed by atoms with van der Waals surface area (Å²) in [6.45, 7) is 13.2. The maximum absolute atomic E-state index is 15.7. The molecule has 16 amide bonds. The number of isothiocyanates is 1. The van der Waals surface area contributed by atoms with Crippen LogP contribution in [0.3, 0.4) is 0 Å². The number of carbonyl (C=O) groups excluding carboxylic acids is 16. The molecule has 0 saturated carbocycles. The lowest BCUT2D eigenvalue weighted by atomic mass is 9.80. The second-order valence-corrected chi connectivity index (χ2v) is 37.6. The zero-order valence-corrected chi connectivity index (χ0v) is 81.9. The van der Waals surface area contributed by atoms with Crippen molar-refractivity contribution in [3.8, 4) is 23.0 Å². The molecule has 14 atom stereocenters. The van der Waals surface area contributed by atoms with Crippen molar-refractivity contribution < 1.29 is 107 Å². The number of nitrogens with one attached hydrogen (secondary N) is 14. The number of aliphatic hydroxyl groups excluding tert-OH is 1. The zero-order valence-electron chi connectivity index (χ0n) is 79.6. The van der Waals surface area contributed by atoms with Crippen molar-refractivity contribution in [1.82, 2.24) is 74.1 Å². The average molecular weight is 2020 g/mol. The van der Waals surface area contributed by atoms with Gasteiger partial charge in [0, 0.05) is 77.5 Å². The number of hydrogen-bond donors (Lipinski definition) is 21. The van der Waals surface area contributed by atoms with Gasteiger partial charge in [-0.1, -0.05) is 136 Å². The van der Waals surface area contributed by atoms with E-state index < -0.39 is 222 Å². The van der Waals surface area contributed by atoms with Crippen LogP contribution in [0.25, 0.3) is 10.9 Å². The molecule has 758 valence electrons. The number of nitrogens with zero attached hydrogens (tertiary/aromatic N) is 1. The van der Waals surface area contributed by atoms with Crippen LogP contribution < -0.4 is 91.1 Å². The maximum atomic E-state index is 15.7. The fourth-order valence-electron chi connectivity index (χ4n) is 16.4. The smallest absolute Gasteiger partial charge is 0.303 e. The Morgan fingerprint density at radius 3 is 1.72 bits per heavy atom. The van der Waals surface area contributed by atoms with Crippen LogP contribution in [0.4, 0.5) is 5.69 Å². The van der Waals surface area contributed by atoms with Gasteiger partial charge in [0.05, 0.1) is 39.8 Å². The number of H-pyrrole nitrogens is 1. The molecule has 3 heterocycles. The lowest BCUT2D eigenvalue weighted by Gasteiger charge is -2.34. The molecule has 43 heteroatoms. The number of carboxylic acids is 1. The van der Waals surface area contributed by atoms with Crippen molar-refractivity contribution in [2.75, 3.05) is 0 Å². The third kappa shape index (κ3) is 31.4. The van der Waals surface area contributed by atoms with Crippen molar-refractivity contribution in [1.29, 1.82) is 0 Å². The van der Waals surface area contributed by atoms with Crippen LogP contribution in [0, 0.1) is 11.8 Å². The Hall–Kier alpha value is -14.7. The minimum Gasteiger partial charge on any atom is -0.508 e. The predicted octanol–water partition coefficient (Wildman–Crippen LogP) is 4.85. The van der Waals surface area contributed by atoms with Gasteiger partial charge < -0.3 is 116 Å². The molecule has 0 aliphatic carbocycles. The number of primary amides is 3. The van der Waals surface area contributed by atoms with Crippen molar-refractivity contribution in [2.45, 2.75) is 248 Å². The second kappa shape index (κ2) is 51.0. The van der Waals surface area contributed by atoms with E-state index in [4.69, 9.17) is 57.4 Å². The van der Waals surface area contributed by atoms with Crippen LogP contribution in [0.15, 0.2) is 151 Å². The first-order valence-electron chi connectivity index (χ1n) is 46.1.